The molecular formula is C21H21FN2O5. The van der Waals surface area contributed by atoms with E-state index in [2.05, 4.69) is 5.32 Å². The Morgan fingerprint density at radius 1 is 1.21 bits per heavy atom. The van der Waals surface area contributed by atoms with E-state index in [-0.39, 0.29) is 37.8 Å². The molecule has 0 radical (unpaired) electrons. The fourth-order valence-electron chi connectivity index (χ4n) is 2.85. The summed E-state index contributed by atoms with van der Waals surface area (Å²) in [6.45, 7) is 1.70. The Morgan fingerprint density at radius 3 is 2.69 bits per heavy atom. The number of esters is 1. The van der Waals surface area contributed by atoms with Crippen molar-refractivity contribution in [3.8, 4) is 5.75 Å². The van der Waals surface area contributed by atoms with Gasteiger partial charge in [-0.15, -0.1) is 0 Å². The van der Waals surface area contributed by atoms with Crippen LogP contribution >= 0.6 is 0 Å². The predicted molar refractivity (Wildman–Crippen MR) is 103 cm³/mol. The highest BCUT2D eigenvalue weighted by molar-refractivity contribution is 5.98. The molecule has 0 fully saturated rings. The second-order valence-electron chi connectivity index (χ2n) is 6.53. The maximum Gasteiger partial charge on any atom is 0.308 e. The minimum absolute atomic E-state index is 0.0599. The van der Waals surface area contributed by atoms with Crippen molar-refractivity contribution in [2.24, 2.45) is 0 Å². The monoisotopic (exact) mass is 400 g/mol. The van der Waals surface area contributed by atoms with Crippen LogP contribution in [0.15, 0.2) is 48.5 Å². The first-order valence-corrected chi connectivity index (χ1v) is 9.18. The van der Waals surface area contributed by atoms with Crippen molar-refractivity contribution in [1.29, 1.82) is 0 Å². The first kappa shape index (κ1) is 20.3. The molecule has 3 rings (SSSR count). The van der Waals surface area contributed by atoms with Crippen LogP contribution in [0.25, 0.3) is 0 Å². The summed E-state index contributed by atoms with van der Waals surface area (Å²) in [5, 5.41) is 2.63. The van der Waals surface area contributed by atoms with Gasteiger partial charge in [-0.25, -0.2) is 4.39 Å². The molecule has 0 unspecified atom stereocenters. The standard InChI is InChI=1S/C21H21FN2O5/c1-14(21(27)23-12-15-6-8-16(22)9-7-15)29-20(26)10-11-24-17-4-2-3-5-18(17)28-13-19(24)25/h2-9,14H,10-13H2,1H3,(H,23,27)/t14-/m0/s1. The molecule has 0 saturated carbocycles. The van der Waals surface area contributed by atoms with E-state index in [1.54, 1.807) is 36.4 Å². The number of ether oxygens (including phenoxy) is 2. The number of nitrogens with zero attached hydrogens (tertiary/aromatic N) is 1. The molecule has 7 nitrogen and oxygen atoms in total. The molecule has 1 aliphatic rings. The molecule has 29 heavy (non-hydrogen) atoms. The Hall–Kier alpha value is -3.42. The number of carbonyl (C=O) groups is 3. The first-order chi connectivity index (χ1) is 13.9. The maximum absolute atomic E-state index is 12.9. The highest BCUT2D eigenvalue weighted by Crippen LogP contribution is 2.31. The molecule has 1 heterocycles. The smallest absolute Gasteiger partial charge is 0.308 e. The molecule has 0 aromatic heterocycles. The summed E-state index contributed by atoms with van der Waals surface area (Å²) >= 11 is 0. The Labute approximate surface area is 167 Å². The van der Waals surface area contributed by atoms with E-state index >= 15 is 0 Å². The number of amides is 2. The van der Waals surface area contributed by atoms with Crippen LogP contribution in [0.4, 0.5) is 10.1 Å². The molecular weight excluding hydrogens is 379 g/mol. The number of fused-ring (bicyclic) bond motifs is 1. The average molecular weight is 400 g/mol. The molecule has 0 spiro atoms. The van der Waals surface area contributed by atoms with Crippen LogP contribution in [0.3, 0.4) is 0 Å². The summed E-state index contributed by atoms with van der Waals surface area (Å²) in [7, 11) is 0. The lowest BCUT2D eigenvalue weighted by molar-refractivity contribution is -0.154. The molecule has 152 valence electrons. The number of rotatable bonds is 7. The summed E-state index contributed by atoms with van der Waals surface area (Å²) < 4.78 is 23.4. The van der Waals surface area contributed by atoms with Gasteiger partial charge in [0.25, 0.3) is 11.8 Å². The molecule has 8 heteroatoms. The molecule has 0 bridgehead atoms. The van der Waals surface area contributed by atoms with E-state index in [1.807, 2.05) is 0 Å². The van der Waals surface area contributed by atoms with E-state index in [4.69, 9.17) is 9.47 Å². The number of carbonyl (C=O) groups excluding carboxylic acids is 3. The van der Waals surface area contributed by atoms with Crippen molar-refractivity contribution in [2.45, 2.75) is 26.0 Å². The van der Waals surface area contributed by atoms with Crippen LogP contribution in [0, 0.1) is 5.82 Å². The SMILES string of the molecule is C[C@H](OC(=O)CCN1C(=O)COc2ccccc21)C(=O)NCc1ccc(F)cc1. The van der Waals surface area contributed by atoms with Crippen molar-refractivity contribution in [2.75, 3.05) is 18.1 Å². The Bertz CT molecular complexity index is 900. The molecule has 1 atom stereocenters. The highest BCUT2D eigenvalue weighted by atomic mass is 19.1. The van der Waals surface area contributed by atoms with Crippen LogP contribution in [-0.2, 0) is 25.7 Å². The van der Waals surface area contributed by atoms with Crippen molar-refractivity contribution < 1.29 is 28.2 Å². The quantitative estimate of drug-likeness (QED) is 0.721. The van der Waals surface area contributed by atoms with Crippen LogP contribution in [0.5, 0.6) is 5.75 Å². The summed E-state index contributed by atoms with van der Waals surface area (Å²) in [4.78, 5) is 37.8. The molecule has 2 amide bonds. The van der Waals surface area contributed by atoms with Gasteiger partial charge in [-0.05, 0) is 36.8 Å². The van der Waals surface area contributed by atoms with Crippen LogP contribution in [-0.4, -0.2) is 37.0 Å². The van der Waals surface area contributed by atoms with Gasteiger partial charge in [0.1, 0.15) is 11.6 Å². The number of benzene rings is 2. The Morgan fingerprint density at radius 2 is 1.93 bits per heavy atom. The van der Waals surface area contributed by atoms with E-state index in [9.17, 15) is 18.8 Å². The molecule has 1 aliphatic heterocycles. The zero-order valence-corrected chi connectivity index (χ0v) is 15.9. The minimum Gasteiger partial charge on any atom is -0.482 e. The number of halogens is 1. The second kappa shape index (κ2) is 9.18. The lowest BCUT2D eigenvalue weighted by Crippen LogP contribution is -2.41. The largest absolute Gasteiger partial charge is 0.482 e. The van der Waals surface area contributed by atoms with Gasteiger partial charge < -0.3 is 19.7 Å². The van der Waals surface area contributed by atoms with Crippen LogP contribution in [0.2, 0.25) is 0 Å². The van der Waals surface area contributed by atoms with E-state index in [0.29, 0.717) is 11.4 Å². The van der Waals surface area contributed by atoms with Gasteiger partial charge in [0.15, 0.2) is 12.7 Å². The Kier molecular flexibility index (Phi) is 6.43. The summed E-state index contributed by atoms with van der Waals surface area (Å²) in [5.41, 5.74) is 1.32. The fourth-order valence-corrected chi connectivity index (χ4v) is 2.85. The maximum atomic E-state index is 12.9. The number of para-hydroxylation sites is 2. The van der Waals surface area contributed by atoms with Crippen molar-refractivity contribution in [3.05, 3.63) is 59.9 Å². The van der Waals surface area contributed by atoms with Gasteiger partial charge >= 0.3 is 5.97 Å². The van der Waals surface area contributed by atoms with Crippen molar-refractivity contribution >= 4 is 23.5 Å². The summed E-state index contributed by atoms with van der Waals surface area (Å²) in [5.74, 6) is -1.08. The molecule has 0 aliphatic carbocycles. The van der Waals surface area contributed by atoms with Gasteiger partial charge in [0.05, 0.1) is 12.1 Å². The third-order valence-corrected chi connectivity index (χ3v) is 4.41. The Balaban J connectivity index is 1.47. The summed E-state index contributed by atoms with van der Waals surface area (Å²) in [6, 6.07) is 12.8. The third kappa shape index (κ3) is 5.31. The number of anilines is 1. The average Bonchev–Trinajstić information content (AvgIpc) is 2.72. The molecule has 2 aromatic carbocycles. The summed E-state index contributed by atoms with van der Waals surface area (Å²) in [6.07, 6.45) is -1.05. The first-order valence-electron chi connectivity index (χ1n) is 9.18. The van der Waals surface area contributed by atoms with E-state index in [0.717, 1.165) is 5.56 Å². The van der Waals surface area contributed by atoms with Gasteiger partial charge in [-0.1, -0.05) is 24.3 Å². The highest BCUT2D eigenvalue weighted by Gasteiger charge is 2.26. The number of hydrogen-bond acceptors (Lipinski definition) is 5. The predicted octanol–water partition coefficient (Wildman–Crippen LogP) is 2.19. The lowest BCUT2D eigenvalue weighted by Gasteiger charge is -2.29. The van der Waals surface area contributed by atoms with E-state index < -0.39 is 18.0 Å². The van der Waals surface area contributed by atoms with Gasteiger partial charge in [0, 0.05) is 13.1 Å². The number of hydrogen-bond donors (Lipinski definition) is 1. The van der Waals surface area contributed by atoms with Crippen LogP contribution in [0.1, 0.15) is 18.9 Å². The number of nitrogens with one attached hydrogen (secondary N) is 1. The van der Waals surface area contributed by atoms with Gasteiger partial charge in [0.2, 0.25) is 0 Å². The minimum atomic E-state index is -0.990. The zero-order chi connectivity index (χ0) is 20.8. The zero-order valence-electron chi connectivity index (χ0n) is 15.9. The van der Waals surface area contributed by atoms with Gasteiger partial charge in [-0.3, -0.25) is 14.4 Å². The molecule has 2 aromatic rings. The van der Waals surface area contributed by atoms with Crippen molar-refractivity contribution in [1.82, 2.24) is 5.32 Å². The molecule has 0 saturated heterocycles. The molecule has 1 N–H and O–H groups in total. The second-order valence-corrected chi connectivity index (χ2v) is 6.53. The van der Waals surface area contributed by atoms with E-state index in [1.165, 1.54) is 24.0 Å². The van der Waals surface area contributed by atoms with Crippen LogP contribution < -0.4 is 15.0 Å². The third-order valence-electron chi connectivity index (χ3n) is 4.41. The van der Waals surface area contributed by atoms with Crippen molar-refractivity contribution in [3.63, 3.8) is 0 Å². The lowest BCUT2D eigenvalue weighted by atomic mass is 10.2. The fraction of sp³-hybridized carbons (Fsp3) is 0.286. The van der Waals surface area contributed by atoms with Gasteiger partial charge in [-0.2, -0.15) is 0 Å². The normalized spacial score (nSPS) is 13.9. The topological polar surface area (TPSA) is 84.9 Å².